The fourth-order valence-corrected chi connectivity index (χ4v) is 1.56. The van der Waals surface area contributed by atoms with Crippen molar-refractivity contribution in [1.29, 1.82) is 0 Å². The Labute approximate surface area is 90.0 Å². The summed E-state index contributed by atoms with van der Waals surface area (Å²) in [6, 6.07) is 0. The SMILES string of the molecule is O=C([O-])C1CCC(C(=O)[O-])CC1.[Pd+2]. The van der Waals surface area contributed by atoms with Gasteiger partial charge in [-0.1, -0.05) is 0 Å². The van der Waals surface area contributed by atoms with Crippen LogP contribution in [0.3, 0.4) is 0 Å². The van der Waals surface area contributed by atoms with Crippen molar-refractivity contribution in [1.82, 2.24) is 0 Å². The van der Waals surface area contributed by atoms with Gasteiger partial charge in [-0.3, -0.25) is 0 Å². The van der Waals surface area contributed by atoms with E-state index in [1.807, 2.05) is 0 Å². The van der Waals surface area contributed by atoms with E-state index in [2.05, 4.69) is 0 Å². The van der Waals surface area contributed by atoms with Gasteiger partial charge in [0.05, 0.1) is 0 Å². The van der Waals surface area contributed by atoms with Crippen molar-refractivity contribution in [3.05, 3.63) is 0 Å². The number of aliphatic carboxylic acids is 2. The Balaban J connectivity index is 0.00000144. The summed E-state index contributed by atoms with van der Waals surface area (Å²) in [6.45, 7) is 0. The van der Waals surface area contributed by atoms with Crippen LogP contribution in [-0.4, -0.2) is 11.9 Å². The summed E-state index contributed by atoms with van der Waals surface area (Å²) in [5, 5.41) is 20.7. The molecule has 0 aromatic carbocycles. The van der Waals surface area contributed by atoms with E-state index in [0.29, 0.717) is 25.7 Å². The van der Waals surface area contributed by atoms with Gasteiger partial charge in [0, 0.05) is 11.9 Å². The van der Waals surface area contributed by atoms with E-state index in [0.717, 1.165) is 0 Å². The minimum atomic E-state index is -1.06. The first kappa shape index (κ1) is 12.6. The summed E-state index contributed by atoms with van der Waals surface area (Å²) < 4.78 is 0. The number of rotatable bonds is 2. The molecule has 0 radical (unpaired) electrons. The van der Waals surface area contributed by atoms with Gasteiger partial charge in [0.25, 0.3) is 0 Å². The minimum absolute atomic E-state index is 0. The van der Waals surface area contributed by atoms with Gasteiger partial charge >= 0.3 is 20.4 Å². The molecule has 1 aliphatic carbocycles. The van der Waals surface area contributed by atoms with Crippen LogP contribution in [0.4, 0.5) is 0 Å². The number of carboxylic acid groups (broad SMARTS) is 2. The number of carbonyl (C=O) groups is 2. The molecule has 0 heterocycles. The van der Waals surface area contributed by atoms with Crippen molar-refractivity contribution in [3.8, 4) is 0 Å². The molecule has 0 amide bonds. The molecule has 0 atom stereocenters. The molecule has 0 bridgehead atoms. The third-order valence-corrected chi connectivity index (χ3v) is 2.39. The second-order valence-corrected chi connectivity index (χ2v) is 3.19. The molecule has 76 valence electrons. The second-order valence-electron chi connectivity index (χ2n) is 3.19. The largest absolute Gasteiger partial charge is 2.00 e. The van der Waals surface area contributed by atoms with Crippen LogP contribution in [0.15, 0.2) is 0 Å². The van der Waals surface area contributed by atoms with Crippen LogP contribution in [0.1, 0.15) is 25.7 Å². The second kappa shape index (κ2) is 5.36. The molecule has 0 spiro atoms. The molecule has 0 N–H and O–H groups in total. The van der Waals surface area contributed by atoms with Gasteiger partial charge < -0.3 is 19.8 Å². The van der Waals surface area contributed by atoms with Crippen LogP contribution in [0.5, 0.6) is 0 Å². The molecule has 5 heteroatoms. The van der Waals surface area contributed by atoms with Crippen LogP contribution in [-0.2, 0) is 30.0 Å². The fourth-order valence-electron chi connectivity index (χ4n) is 1.56. The predicted octanol–water partition coefficient (Wildman–Crippen LogP) is -1.71. The Morgan fingerprint density at radius 3 is 1.23 bits per heavy atom. The van der Waals surface area contributed by atoms with Crippen molar-refractivity contribution in [3.63, 3.8) is 0 Å². The Bertz CT molecular complexity index is 174. The third-order valence-electron chi connectivity index (χ3n) is 2.39. The van der Waals surface area contributed by atoms with Crippen molar-refractivity contribution in [2.24, 2.45) is 11.8 Å². The monoisotopic (exact) mass is 276 g/mol. The van der Waals surface area contributed by atoms with E-state index in [9.17, 15) is 19.8 Å². The minimum Gasteiger partial charge on any atom is -0.550 e. The van der Waals surface area contributed by atoms with Gasteiger partial charge in [0.15, 0.2) is 0 Å². The first-order valence-corrected chi connectivity index (χ1v) is 4.03. The Hall–Kier alpha value is -0.398. The topological polar surface area (TPSA) is 80.3 Å². The standard InChI is InChI=1S/C8H12O4.Pd/c9-7(10)5-1-2-6(4-3-5)8(11)12;/h5-6H,1-4H2,(H,9,10)(H,11,12);/q;+2/p-2. The quantitative estimate of drug-likeness (QED) is 0.563. The summed E-state index contributed by atoms with van der Waals surface area (Å²) in [5.74, 6) is -3.04. The van der Waals surface area contributed by atoms with Gasteiger partial charge in [0.1, 0.15) is 0 Å². The number of carbonyl (C=O) groups excluding carboxylic acids is 2. The van der Waals surface area contributed by atoms with Gasteiger partial charge in [-0.2, -0.15) is 0 Å². The van der Waals surface area contributed by atoms with Crippen molar-refractivity contribution in [2.45, 2.75) is 25.7 Å². The summed E-state index contributed by atoms with van der Waals surface area (Å²) >= 11 is 0. The molecular formula is C8H10O4Pd. The van der Waals surface area contributed by atoms with Crippen molar-refractivity contribution < 1.29 is 40.2 Å². The smallest absolute Gasteiger partial charge is 0.550 e. The van der Waals surface area contributed by atoms with E-state index in [1.54, 1.807) is 0 Å². The van der Waals surface area contributed by atoms with Crippen molar-refractivity contribution >= 4 is 11.9 Å². The van der Waals surface area contributed by atoms with Crippen LogP contribution in [0.2, 0.25) is 0 Å². The predicted molar refractivity (Wildman–Crippen MR) is 35.5 cm³/mol. The average Bonchev–Trinajstić information content (AvgIpc) is 2.04. The first-order chi connectivity index (χ1) is 5.61. The summed E-state index contributed by atoms with van der Waals surface area (Å²) in [7, 11) is 0. The fraction of sp³-hybridized carbons (Fsp3) is 0.750. The maximum Gasteiger partial charge on any atom is 2.00 e. The Kier molecular flexibility index (Phi) is 5.19. The number of carboxylic acids is 2. The van der Waals surface area contributed by atoms with Gasteiger partial charge in [-0.15, -0.1) is 0 Å². The molecule has 0 aromatic heterocycles. The summed E-state index contributed by atoms with van der Waals surface area (Å²) in [4.78, 5) is 20.7. The maximum atomic E-state index is 10.4. The molecule has 0 aliphatic heterocycles. The molecule has 13 heavy (non-hydrogen) atoms. The van der Waals surface area contributed by atoms with Gasteiger partial charge in [-0.05, 0) is 37.5 Å². The zero-order chi connectivity index (χ0) is 9.14. The van der Waals surface area contributed by atoms with Crippen molar-refractivity contribution in [2.75, 3.05) is 0 Å². The maximum absolute atomic E-state index is 10.4. The molecule has 1 saturated carbocycles. The third kappa shape index (κ3) is 3.45. The van der Waals surface area contributed by atoms with Crippen LogP contribution < -0.4 is 10.2 Å². The molecule has 0 unspecified atom stereocenters. The molecule has 1 fully saturated rings. The van der Waals surface area contributed by atoms with Crippen LogP contribution in [0, 0.1) is 11.8 Å². The van der Waals surface area contributed by atoms with E-state index in [-0.39, 0.29) is 20.4 Å². The van der Waals surface area contributed by atoms with Crippen LogP contribution in [0.25, 0.3) is 0 Å². The zero-order valence-corrected chi connectivity index (χ0v) is 8.49. The van der Waals surface area contributed by atoms with E-state index in [4.69, 9.17) is 0 Å². The summed E-state index contributed by atoms with van der Waals surface area (Å²) in [5.41, 5.74) is 0. The first-order valence-electron chi connectivity index (χ1n) is 4.03. The van der Waals surface area contributed by atoms with Crippen LogP contribution >= 0.6 is 0 Å². The molecule has 1 rings (SSSR count). The molecule has 4 nitrogen and oxygen atoms in total. The molecular weight excluding hydrogens is 267 g/mol. The van der Waals surface area contributed by atoms with E-state index < -0.39 is 23.8 Å². The Morgan fingerprint density at radius 2 is 1.08 bits per heavy atom. The van der Waals surface area contributed by atoms with E-state index in [1.165, 1.54) is 0 Å². The molecule has 1 aliphatic rings. The Morgan fingerprint density at radius 1 is 0.846 bits per heavy atom. The average molecular weight is 277 g/mol. The molecule has 0 aromatic rings. The van der Waals surface area contributed by atoms with E-state index >= 15 is 0 Å². The van der Waals surface area contributed by atoms with Gasteiger partial charge in [0.2, 0.25) is 0 Å². The van der Waals surface area contributed by atoms with Gasteiger partial charge in [-0.25, -0.2) is 0 Å². The zero-order valence-electron chi connectivity index (χ0n) is 6.93. The molecule has 0 saturated heterocycles. The summed E-state index contributed by atoms with van der Waals surface area (Å²) in [6.07, 6.45) is 1.62. The normalized spacial score (nSPS) is 27.4. The number of hydrogen-bond donors (Lipinski definition) is 0. The number of hydrogen-bond acceptors (Lipinski definition) is 4.